The fourth-order valence-electron chi connectivity index (χ4n) is 3.35. The number of carbonyl (C=O) groups is 1. The fraction of sp³-hybridized carbons (Fsp3) is 0.150. The van der Waals surface area contributed by atoms with Crippen LogP contribution in [0.25, 0.3) is 5.69 Å². The van der Waals surface area contributed by atoms with E-state index in [0.29, 0.717) is 17.1 Å². The molecule has 1 aliphatic rings. The molecule has 2 heterocycles. The van der Waals surface area contributed by atoms with Crippen molar-refractivity contribution < 1.29 is 4.79 Å². The number of hydrogen-bond donors (Lipinski definition) is 0. The summed E-state index contributed by atoms with van der Waals surface area (Å²) in [6.45, 7) is 2.07. The maximum absolute atomic E-state index is 13.5. The van der Waals surface area contributed by atoms with E-state index in [1.54, 1.807) is 11.8 Å². The first-order valence-corrected chi connectivity index (χ1v) is 9.12. The normalized spacial score (nSPS) is 19.5. The lowest BCUT2D eigenvalue weighted by Crippen LogP contribution is -2.32. The van der Waals surface area contributed by atoms with Crippen molar-refractivity contribution in [2.45, 2.75) is 23.0 Å². The number of aromatic nitrogens is 1. The molecule has 0 aliphatic carbocycles. The summed E-state index contributed by atoms with van der Waals surface area (Å²) < 4.78 is 1.28. The monoisotopic (exact) mass is 353 g/mol. The van der Waals surface area contributed by atoms with Crippen LogP contribution in [0.15, 0.2) is 71.8 Å². The summed E-state index contributed by atoms with van der Waals surface area (Å²) in [4.78, 5) is 14.6. The van der Waals surface area contributed by atoms with E-state index in [9.17, 15) is 4.79 Å². The molecule has 0 unspecified atom stereocenters. The van der Waals surface area contributed by atoms with Crippen molar-refractivity contribution in [1.29, 1.82) is 0 Å². The van der Waals surface area contributed by atoms with Gasteiger partial charge in [0, 0.05) is 11.1 Å². The molecule has 1 atom stereocenters. The van der Waals surface area contributed by atoms with Crippen LogP contribution < -0.4 is 0 Å². The van der Waals surface area contributed by atoms with Crippen molar-refractivity contribution in [3.05, 3.63) is 83.1 Å². The molecule has 0 spiro atoms. The zero-order chi connectivity index (χ0) is 16.7. The summed E-state index contributed by atoms with van der Waals surface area (Å²) in [5.74, 6) is 0.124. The molecule has 4 rings (SSSR count). The highest BCUT2D eigenvalue weighted by Gasteiger charge is 2.44. The average Bonchev–Trinajstić information content (AvgIpc) is 3.05. The molecule has 0 radical (unpaired) electrons. The van der Waals surface area contributed by atoms with Gasteiger partial charge in [0.2, 0.25) is 0 Å². The van der Waals surface area contributed by atoms with Crippen molar-refractivity contribution in [3.63, 3.8) is 0 Å². The summed E-state index contributed by atoms with van der Waals surface area (Å²) in [6.07, 6.45) is 2.62. The van der Waals surface area contributed by atoms with Crippen LogP contribution in [0.3, 0.4) is 0 Å². The van der Waals surface area contributed by atoms with Gasteiger partial charge in [-0.25, -0.2) is 0 Å². The molecule has 2 aromatic carbocycles. The number of ketones is 1. The Kier molecular flexibility index (Phi) is 3.78. The van der Waals surface area contributed by atoms with E-state index in [-0.39, 0.29) is 5.78 Å². The quantitative estimate of drug-likeness (QED) is 0.587. The SMILES string of the molecule is CC[C@@]1(c2ccccc2)Sc2cccc(Cl)c2-n2cccc2C1=O. The van der Waals surface area contributed by atoms with E-state index in [2.05, 4.69) is 6.92 Å². The summed E-state index contributed by atoms with van der Waals surface area (Å²) in [6, 6.07) is 19.7. The summed E-state index contributed by atoms with van der Waals surface area (Å²) in [5.41, 5.74) is 2.60. The minimum Gasteiger partial charge on any atom is -0.311 e. The third-order valence-corrected chi connectivity index (χ3v) is 6.47. The first-order valence-electron chi connectivity index (χ1n) is 7.93. The maximum atomic E-state index is 13.5. The molecule has 1 aliphatic heterocycles. The lowest BCUT2D eigenvalue weighted by molar-refractivity contribution is 0.0933. The number of thioether (sulfide) groups is 1. The van der Waals surface area contributed by atoms with E-state index in [1.165, 1.54) is 0 Å². The van der Waals surface area contributed by atoms with E-state index < -0.39 is 4.75 Å². The second-order valence-electron chi connectivity index (χ2n) is 5.83. The van der Waals surface area contributed by atoms with Crippen LogP contribution in [0, 0.1) is 0 Å². The molecule has 4 heteroatoms. The van der Waals surface area contributed by atoms with E-state index in [4.69, 9.17) is 11.6 Å². The predicted octanol–water partition coefficient (Wildman–Crippen LogP) is 5.72. The van der Waals surface area contributed by atoms with Crippen LogP contribution in [0.4, 0.5) is 0 Å². The first kappa shape index (κ1) is 15.6. The van der Waals surface area contributed by atoms with Gasteiger partial charge in [0.25, 0.3) is 0 Å². The summed E-state index contributed by atoms with van der Waals surface area (Å²) in [7, 11) is 0. The van der Waals surface area contributed by atoms with E-state index in [1.807, 2.05) is 71.4 Å². The molecule has 24 heavy (non-hydrogen) atoms. The highest BCUT2D eigenvalue weighted by Crippen LogP contribution is 2.51. The van der Waals surface area contributed by atoms with Gasteiger partial charge < -0.3 is 4.57 Å². The number of fused-ring (bicyclic) bond motifs is 3. The van der Waals surface area contributed by atoms with Crippen LogP contribution in [0.5, 0.6) is 0 Å². The lowest BCUT2D eigenvalue weighted by Gasteiger charge is -2.29. The van der Waals surface area contributed by atoms with Gasteiger partial charge in [0.15, 0.2) is 5.78 Å². The van der Waals surface area contributed by atoms with Crippen LogP contribution >= 0.6 is 23.4 Å². The number of carbonyl (C=O) groups excluding carboxylic acids is 1. The maximum Gasteiger partial charge on any atom is 0.200 e. The Morgan fingerprint density at radius 1 is 1.04 bits per heavy atom. The van der Waals surface area contributed by atoms with Crippen LogP contribution in [-0.4, -0.2) is 10.4 Å². The van der Waals surface area contributed by atoms with Crippen LogP contribution in [-0.2, 0) is 4.75 Å². The highest BCUT2D eigenvalue weighted by molar-refractivity contribution is 8.01. The second kappa shape index (κ2) is 5.83. The zero-order valence-electron chi connectivity index (χ0n) is 13.2. The third kappa shape index (κ3) is 2.15. The number of benzene rings is 2. The Morgan fingerprint density at radius 3 is 2.58 bits per heavy atom. The van der Waals surface area contributed by atoms with Gasteiger partial charge in [0.1, 0.15) is 4.75 Å². The molecule has 0 N–H and O–H groups in total. The van der Waals surface area contributed by atoms with Gasteiger partial charge in [-0.15, -0.1) is 11.8 Å². The van der Waals surface area contributed by atoms with Crippen molar-refractivity contribution in [2.75, 3.05) is 0 Å². The highest BCUT2D eigenvalue weighted by atomic mass is 35.5. The number of rotatable bonds is 2. The number of hydrogen-bond acceptors (Lipinski definition) is 2. The lowest BCUT2D eigenvalue weighted by atomic mass is 9.89. The predicted molar refractivity (Wildman–Crippen MR) is 99.4 cm³/mol. The molecule has 0 amide bonds. The third-order valence-electron chi connectivity index (χ3n) is 4.56. The Hall–Kier alpha value is -1.97. The summed E-state index contributed by atoms with van der Waals surface area (Å²) >= 11 is 8.09. The summed E-state index contributed by atoms with van der Waals surface area (Å²) in [5, 5.41) is 0.658. The van der Waals surface area contributed by atoms with Gasteiger partial charge in [-0.1, -0.05) is 54.9 Å². The Balaban J connectivity index is 2.05. The molecule has 1 aromatic heterocycles. The smallest absolute Gasteiger partial charge is 0.200 e. The molecule has 2 nitrogen and oxygen atoms in total. The van der Waals surface area contributed by atoms with Crippen molar-refractivity contribution >= 4 is 29.1 Å². The van der Waals surface area contributed by atoms with E-state index in [0.717, 1.165) is 16.1 Å². The molecule has 0 bridgehead atoms. The van der Waals surface area contributed by atoms with Gasteiger partial charge in [-0.3, -0.25) is 4.79 Å². The largest absolute Gasteiger partial charge is 0.311 e. The van der Waals surface area contributed by atoms with Crippen molar-refractivity contribution in [2.24, 2.45) is 0 Å². The van der Waals surface area contributed by atoms with Crippen LogP contribution in [0.1, 0.15) is 29.4 Å². The second-order valence-corrected chi connectivity index (χ2v) is 7.58. The van der Waals surface area contributed by atoms with Crippen molar-refractivity contribution in [1.82, 2.24) is 4.57 Å². The van der Waals surface area contributed by atoms with Gasteiger partial charge >= 0.3 is 0 Å². The number of para-hydroxylation sites is 1. The molecule has 120 valence electrons. The Morgan fingerprint density at radius 2 is 1.83 bits per heavy atom. The molecule has 0 saturated heterocycles. The minimum absolute atomic E-state index is 0.124. The van der Waals surface area contributed by atoms with Gasteiger partial charge in [-0.2, -0.15) is 0 Å². The average molecular weight is 354 g/mol. The molecular weight excluding hydrogens is 338 g/mol. The minimum atomic E-state index is -0.646. The molecule has 3 aromatic rings. The Bertz CT molecular complexity index is 918. The zero-order valence-corrected chi connectivity index (χ0v) is 14.8. The topological polar surface area (TPSA) is 22.0 Å². The fourth-order valence-corrected chi connectivity index (χ4v) is 5.09. The Labute approximate surface area is 150 Å². The number of Topliss-reactive ketones (excluding diaryl/α,β-unsaturated/α-hetero) is 1. The van der Waals surface area contributed by atoms with Gasteiger partial charge in [-0.05, 0) is 36.2 Å². The van der Waals surface area contributed by atoms with Crippen molar-refractivity contribution in [3.8, 4) is 5.69 Å². The standard InChI is InChI=1S/C20H16ClNOS/c1-2-20(14-8-4-3-5-9-14)19(23)16-11-7-13-22(16)18-15(21)10-6-12-17(18)24-20/h3-13H,2H2,1H3/t20-/m0/s1. The molecule has 0 saturated carbocycles. The van der Waals surface area contributed by atoms with Crippen LogP contribution in [0.2, 0.25) is 5.02 Å². The first-order chi connectivity index (χ1) is 11.7. The number of nitrogens with zero attached hydrogens (tertiary/aromatic N) is 1. The van der Waals surface area contributed by atoms with E-state index >= 15 is 0 Å². The molecule has 0 fully saturated rings. The van der Waals surface area contributed by atoms with Gasteiger partial charge in [0.05, 0.1) is 16.4 Å². The molecular formula is C20H16ClNOS. The number of halogens is 1.